The lowest BCUT2D eigenvalue weighted by Crippen LogP contribution is -2.15. The van der Waals surface area contributed by atoms with Gasteiger partial charge in [0.1, 0.15) is 24.7 Å². The van der Waals surface area contributed by atoms with Gasteiger partial charge in [0, 0.05) is 7.14 Å². The quantitative estimate of drug-likeness (QED) is 0.151. The summed E-state index contributed by atoms with van der Waals surface area (Å²) < 4.78 is 40.9. The van der Waals surface area contributed by atoms with Crippen LogP contribution >= 0.6 is 45.2 Å². The minimum absolute atomic E-state index is 0.523. The van der Waals surface area contributed by atoms with E-state index >= 15 is 0 Å². The molecule has 184 valence electrons. The fourth-order valence-electron chi connectivity index (χ4n) is 2.53. The van der Waals surface area contributed by atoms with Crippen molar-refractivity contribution in [3.63, 3.8) is 0 Å². The summed E-state index contributed by atoms with van der Waals surface area (Å²) in [4.78, 5) is 0. The van der Waals surface area contributed by atoms with Crippen molar-refractivity contribution in [2.24, 2.45) is 0 Å². The van der Waals surface area contributed by atoms with E-state index in [1.807, 2.05) is 48.5 Å². The van der Waals surface area contributed by atoms with Crippen LogP contribution in [0.15, 0.2) is 48.5 Å². The lowest BCUT2D eigenvalue weighted by atomic mass is 10.3. The second kappa shape index (κ2) is 19.6. The Kier molecular flexibility index (Phi) is 16.9. The molecule has 0 radical (unpaired) electrons. The maximum Gasteiger partial charge on any atom is 0.120 e. The largest absolute Gasteiger partial charge is 0.491 e. The van der Waals surface area contributed by atoms with E-state index in [-0.39, 0.29) is 0 Å². The zero-order valence-electron chi connectivity index (χ0n) is 18.7. The van der Waals surface area contributed by atoms with E-state index < -0.39 is 0 Å². The van der Waals surface area contributed by atoms with Crippen molar-refractivity contribution < 1.29 is 33.2 Å². The van der Waals surface area contributed by atoms with Crippen LogP contribution in [0.5, 0.6) is 11.5 Å². The summed E-state index contributed by atoms with van der Waals surface area (Å²) in [5.74, 6) is 1.72. The molecule has 0 amide bonds. The molecule has 0 bridgehead atoms. The molecule has 0 heterocycles. The summed E-state index contributed by atoms with van der Waals surface area (Å²) in [6, 6.07) is 15.9. The Morgan fingerprint density at radius 2 is 0.727 bits per heavy atom. The first-order chi connectivity index (χ1) is 16.2. The predicted octanol–water partition coefficient (Wildman–Crippen LogP) is 4.44. The van der Waals surface area contributed by atoms with Crippen molar-refractivity contribution in [3.8, 4) is 11.5 Å². The third-order valence-electron chi connectivity index (χ3n) is 4.07. The lowest BCUT2D eigenvalue weighted by molar-refractivity contribution is -0.0141. The Morgan fingerprint density at radius 3 is 1.03 bits per heavy atom. The summed E-state index contributed by atoms with van der Waals surface area (Å²) in [5.41, 5.74) is 0. The Bertz CT molecular complexity index is 687. The van der Waals surface area contributed by atoms with Gasteiger partial charge in [0.15, 0.2) is 0 Å². The van der Waals surface area contributed by atoms with E-state index in [0.717, 1.165) is 18.6 Å². The van der Waals surface area contributed by atoms with Crippen LogP contribution in [0.2, 0.25) is 0 Å². The summed E-state index contributed by atoms with van der Waals surface area (Å²) in [7, 11) is 0. The molecular weight excluding hydrogens is 654 g/mol. The Hall–Kier alpha value is -0.700. The van der Waals surface area contributed by atoms with Crippen molar-refractivity contribution in [2.75, 3.05) is 79.3 Å². The van der Waals surface area contributed by atoms with E-state index in [9.17, 15) is 0 Å². The first-order valence-corrected chi connectivity index (χ1v) is 13.1. The molecule has 0 saturated carbocycles. The number of ether oxygens (including phenoxy) is 7. The smallest absolute Gasteiger partial charge is 0.120 e. The number of benzene rings is 2. The normalized spacial score (nSPS) is 11.0. The van der Waals surface area contributed by atoms with Gasteiger partial charge in [0.2, 0.25) is 0 Å². The highest BCUT2D eigenvalue weighted by Crippen LogP contribution is 2.15. The molecule has 7 nitrogen and oxygen atoms in total. The van der Waals surface area contributed by atoms with Crippen LogP contribution in [-0.4, -0.2) is 79.3 Å². The molecular formula is C24H32I2O7. The van der Waals surface area contributed by atoms with Gasteiger partial charge >= 0.3 is 0 Å². The van der Waals surface area contributed by atoms with Crippen LogP contribution in [-0.2, 0) is 23.7 Å². The first kappa shape index (κ1) is 28.5. The molecule has 0 N–H and O–H groups in total. The maximum absolute atomic E-state index is 5.62. The SMILES string of the molecule is Ic1cccc(OCCOCCOCCOCCOCCOCCOc2cccc(I)c2)c1. The molecule has 0 unspecified atom stereocenters. The van der Waals surface area contributed by atoms with Crippen molar-refractivity contribution in [1.82, 2.24) is 0 Å². The maximum atomic E-state index is 5.62. The van der Waals surface area contributed by atoms with Crippen molar-refractivity contribution in [3.05, 3.63) is 55.7 Å². The van der Waals surface area contributed by atoms with E-state index in [2.05, 4.69) is 45.2 Å². The van der Waals surface area contributed by atoms with E-state index in [1.165, 1.54) is 0 Å². The third kappa shape index (κ3) is 15.8. The van der Waals surface area contributed by atoms with Gasteiger partial charge in [-0.2, -0.15) is 0 Å². The fourth-order valence-corrected chi connectivity index (χ4v) is 3.56. The molecule has 0 aliphatic rings. The minimum Gasteiger partial charge on any atom is -0.491 e. The summed E-state index contributed by atoms with van der Waals surface area (Å²) in [5, 5.41) is 0. The van der Waals surface area contributed by atoms with Gasteiger partial charge < -0.3 is 33.2 Å². The van der Waals surface area contributed by atoms with Crippen LogP contribution in [0.3, 0.4) is 0 Å². The average molecular weight is 686 g/mol. The molecule has 0 aromatic heterocycles. The summed E-state index contributed by atoms with van der Waals surface area (Å²) in [6.45, 7) is 6.39. The van der Waals surface area contributed by atoms with Crippen LogP contribution in [0.1, 0.15) is 0 Å². The Morgan fingerprint density at radius 1 is 0.424 bits per heavy atom. The third-order valence-corrected chi connectivity index (χ3v) is 5.41. The first-order valence-electron chi connectivity index (χ1n) is 10.9. The second-order valence-electron chi connectivity index (χ2n) is 6.67. The van der Waals surface area contributed by atoms with Gasteiger partial charge in [-0.15, -0.1) is 0 Å². The van der Waals surface area contributed by atoms with Crippen molar-refractivity contribution in [2.45, 2.75) is 0 Å². The van der Waals surface area contributed by atoms with E-state index in [4.69, 9.17) is 33.2 Å². The van der Waals surface area contributed by atoms with Gasteiger partial charge in [-0.25, -0.2) is 0 Å². The second-order valence-corrected chi connectivity index (χ2v) is 9.16. The number of rotatable bonds is 20. The molecule has 0 aliphatic carbocycles. The Labute approximate surface area is 223 Å². The predicted molar refractivity (Wildman–Crippen MR) is 143 cm³/mol. The zero-order valence-corrected chi connectivity index (χ0v) is 23.0. The van der Waals surface area contributed by atoms with Gasteiger partial charge in [-0.05, 0) is 81.6 Å². The average Bonchev–Trinajstić information content (AvgIpc) is 2.80. The Balaban J connectivity index is 1.24. The highest BCUT2D eigenvalue weighted by Gasteiger charge is 1.97. The molecule has 0 atom stereocenters. The minimum atomic E-state index is 0.523. The summed E-state index contributed by atoms with van der Waals surface area (Å²) in [6.07, 6.45) is 0. The molecule has 0 fully saturated rings. The molecule has 2 aromatic rings. The van der Waals surface area contributed by atoms with Crippen LogP contribution in [0.25, 0.3) is 0 Å². The molecule has 0 aliphatic heterocycles. The molecule has 9 heteroatoms. The lowest BCUT2D eigenvalue weighted by Gasteiger charge is -2.09. The van der Waals surface area contributed by atoms with Crippen LogP contribution < -0.4 is 9.47 Å². The molecule has 33 heavy (non-hydrogen) atoms. The molecule has 0 saturated heterocycles. The van der Waals surface area contributed by atoms with Crippen molar-refractivity contribution in [1.29, 1.82) is 0 Å². The molecule has 0 spiro atoms. The van der Waals surface area contributed by atoms with Gasteiger partial charge in [0.25, 0.3) is 0 Å². The van der Waals surface area contributed by atoms with Crippen LogP contribution in [0, 0.1) is 7.14 Å². The monoisotopic (exact) mass is 686 g/mol. The fraction of sp³-hybridized carbons (Fsp3) is 0.500. The van der Waals surface area contributed by atoms with Crippen molar-refractivity contribution >= 4 is 45.2 Å². The topological polar surface area (TPSA) is 64.6 Å². The molecule has 2 aromatic carbocycles. The van der Waals surface area contributed by atoms with Gasteiger partial charge in [0.05, 0.1) is 66.1 Å². The molecule has 2 rings (SSSR count). The number of halogens is 2. The van der Waals surface area contributed by atoms with Gasteiger partial charge in [-0.3, -0.25) is 0 Å². The highest BCUT2D eigenvalue weighted by molar-refractivity contribution is 14.1. The number of hydrogen-bond acceptors (Lipinski definition) is 7. The van der Waals surface area contributed by atoms with Crippen LogP contribution in [0.4, 0.5) is 0 Å². The standard InChI is InChI=1S/C24H32I2O7/c25-21-3-1-5-23(19-21)32-17-15-30-13-11-28-9-7-27-8-10-29-12-14-31-16-18-33-24-6-2-4-22(26)20-24/h1-6,19-20H,7-18H2. The van der Waals surface area contributed by atoms with Gasteiger partial charge in [-0.1, -0.05) is 12.1 Å². The zero-order chi connectivity index (χ0) is 23.4. The number of hydrogen-bond donors (Lipinski definition) is 0. The van der Waals surface area contributed by atoms with E-state index in [0.29, 0.717) is 79.3 Å². The van der Waals surface area contributed by atoms with E-state index in [1.54, 1.807) is 0 Å². The summed E-state index contributed by atoms with van der Waals surface area (Å²) >= 11 is 4.52. The highest BCUT2D eigenvalue weighted by atomic mass is 127.